The standard InChI is InChI=1S/C16H14Cl2N2O/c17-12-2-4-14(18)11(7-12)9-20-15-5-3-13(19)8-10(15)1-6-16(20)21/h2-5,7-8H,1,6,9,19H2. The molecule has 3 rings (SSSR count). The van der Waals surface area contributed by atoms with Gasteiger partial charge < -0.3 is 10.6 Å². The predicted molar refractivity (Wildman–Crippen MR) is 86.8 cm³/mol. The van der Waals surface area contributed by atoms with E-state index in [2.05, 4.69) is 0 Å². The first-order valence-corrected chi connectivity index (χ1v) is 7.43. The fraction of sp³-hybridized carbons (Fsp3) is 0.188. The number of rotatable bonds is 2. The Bertz CT molecular complexity index is 715. The number of fused-ring (bicyclic) bond motifs is 1. The van der Waals surface area contributed by atoms with Crippen LogP contribution in [0.15, 0.2) is 36.4 Å². The molecule has 2 aromatic rings. The summed E-state index contributed by atoms with van der Waals surface area (Å²) in [4.78, 5) is 14.0. The molecule has 3 nitrogen and oxygen atoms in total. The van der Waals surface area contributed by atoms with Crippen molar-refractivity contribution in [3.05, 3.63) is 57.6 Å². The van der Waals surface area contributed by atoms with Crippen LogP contribution < -0.4 is 10.6 Å². The monoisotopic (exact) mass is 320 g/mol. The molecule has 21 heavy (non-hydrogen) atoms. The predicted octanol–water partition coefficient (Wildman–Crippen LogP) is 4.06. The van der Waals surface area contributed by atoms with Gasteiger partial charge in [0.1, 0.15) is 0 Å². The molecule has 0 radical (unpaired) electrons. The zero-order valence-electron chi connectivity index (χ0n) is 11.3. The van der Waals surface area contributed by atoms with E-state index in [9.17, 15) is 4.79 Å². The fourth-order valence-electron chi connectivity index (χ4n) is 2.59. The molecule has 0 fully saturated rings. The van der Waals surface area contributed by atoms with Crippen molar-refractivity contribution in [2.24, 2.45) is 0 Å². The van der Waals surface area contributed by atoms with E-state index in [1.54, 1.807) is 23.1 Å². The molecule has 5 heteroatoms. The molecule has 0 aliphatic carbocycles. The summed E-state index contributed by atoms with van der Waals surface area (Å²) in [6.07, 6.45) is 1.20. The first-order valence-electron chi connectivity index (χ1n) is 6.67. The maximum absolute atomic E-state index is 12.3. The average molecular weight is 321 g/mol. The fourth-order valence-corrected chi connectivity index (χ4v) is 2.96. The lowest BCUT2D eigenvalue weighted by Crippen LogP contribution is -2.34. The van der Waals surface area contributed by atoms with Crippen molar-refractivity contribution in [2.75, 3.05) is 10.6 Å². The minimum absolute atomic E-state index is 0.0864. The van der Waals surface area contributed by atoms with Gasteiger partial charge in [0.25, 0.3) is 0 Å². The SMILES string of the molecule is Nc1ccc2c(c1)CCC(=O)N2Cc1cc(Cl)ccc1Cl. The zero-order valence-corrected chi connectivity index (χ0v) is 12.8. The lowest BCUT2D eigenvalue weighted by Gasteiger charge is -2.30. The number of nitrogen functional groups attached to an aromatic ring is 1. The van der Waals surface area contributed by atoms with Crippen molar-refractivity contribution in [3.63, 3.8) is 0 Å². The van der Waals surface area contributed by atoms with Crippen LogP contribution in [0.1, 0.15) is 17.5 Å². The minimum atomic E-state index is 0.0864. The van der Waals surface area contributed by atoms with E-state index in [0.29, 0.717) is 28.7 Å². The summed E-state index contributed by atoms with van der Waals surface area (Å²) in [5.74, 6) is 0.0864. The Morgan fingerprint density at radius 1 is 1.10 bits per heavy atom. The number of carbonyl (C=O) groups excluding carboxylic acids is 1. The Morgan fingerprint density at radius 2 is 1.90 bits per heavy atom. The second-order valence-electron chi connectivity index (χ2n) is 5.10. The molecule has 0 bridgehead atoms. The van der Waals surface area contributed by atoms with Crippen molar-refractivity contribution in [3.8, 4) is 0 Å². The third-order valence-corrected chi connectivity index (χ3v) is 4.24. The normalized spacial score (nSPS) is 14.2. The molecule has 0 spiro atoms. The molecule has 2 N–H and O–H groups in total. The molecule has 2 aromatic carbocycles. The average Bonchev–Trinajstić information content (AvgIpc) is 2.45. The van der Waals surface area contributed by atoms with Gasteiger partial charge in [0.05, 0.1) is 6.54 Å². The van der Waals surface area contributed by atoms with E-state index in [-0.39, 0.29) is 5.91 Å². The molecule has 108 valence electrons. The van der Waals surface area contributed by atoms with E-state index in [1.165, 1.54) is 0 Å². The number of anilines is 2. The number of aryl methyl sites for hydroxylation is 1. The third kappa shape index (κ3) is 2.85. The maximum Gasteiger partial charge on any atom is 0.227 e. The highest BCUT2D eigenvalue weighted by Crippen LogP contribution is 2.32. The van der Waals surface area contributed by atoms with Gasteiger partial charge in [-0.25, -0.2) is 0 Å². The van der Waals surface area contributed by atoms with E-state index in [0.717, 1.165) is 23.2 Å². The lowest BCUT2D eigenvalue weighted by atomic mass is 10.00. The first kappa shape index (κ1) is 14.2. The maximum atomic E-state index is 12.3. The molecule has 1 amide bonds. The van der Waals surface area contributed by atoms with Crippen molar-refractivity contribution in [1.82, 2.24) is 0 Å². The van der Waals surface area contributed by atoms with E-state index in [1.807, 2.05) is 18.2 Å². The van der Waals surface area contributed by atoms with Gasteiger partial charge in [-0.05, 0) is 53.9 Å². The van der Waals surface area contributed by atoms with Gasteiger partial charge in [0.15, 0.2) is 0 Å². The second-order valence-corrected chi connectivity index (χ2v) is 5.95. The van der Waals surface area contributed by atoms with Gasteiger partial charge in [0, 0.05) is 27.8 Å². The summed E-state index contributed by atoms with van der Waals surface area (Å²) in [6, 6.07) is 10.9. The zero-order chi connectivity index (χ0) is 15.0. The Hall–Kier alpha value is -1.71. The smallest absolute Gasteiger partial charge is 0.227 e. The summed E-state index contributed by atoms with van der Waals surface area (Å²) in [5.41, 5.74) is 9.35. The number of amides is 1. The third-order valence-electron chi connectivity index (χ3n) is 3.64. The molecule has 1 heterocycles. The molecular formula is C16H14Cl2N2O. The number of nitrogens with zero attached hydrogens (tertiary/aromatic N) is 1. The van der Waals surface area contributed by atoms with E-state index < -0.39 is 0 Å². The van der Waals surface area contributed by atoms with E-state index >= 15 is 0 Å². The van der Waals surface area contributed by atoms with Gasteiger partial charge in [-0.3, -0.25) is 4.79 Å². The number of benzene rings is 2. The number of carbonyl (C=O) groups is 1. The van der Waals surface area contributed by atoms with Gasteiger partial charge in [-0.2, -0.15) is 0 Å². The van der Waals surface area contributed by atoms with Crippen molar-refractivity contribution >= 4 is 40.5 Å². The lowest BCUT2D eigenvalue weighted by molar-refractivity contribution is -0.119. The van der Waals surface area contributed by atoms with Crippen LogP contribution in [-0.2, 0) is 17.8 Å². The highest BCUT2D eigenvalue weighted by atomic mass is 35.5. The number of hydrogen-bond donors (Lipinski definition) is 1. The summed E-state index contributed by atoms with van der Waals surface area (Å²) < 4.78 is 0. The molecule has 0 unspecified atom stereocenters. The Balaban J connectivity index is 1.98. The molecule has 1 aliphatic heterocycles. The molecular weight excluding hydrogens is 307 g/mol. The summed E-state index contributed by atoms with van der Waals surface area (Å²) in [5, 5.41) is 1.21. The minimum Gasteiger partial charge on any atom is -0.399 e. The van der Waals surface area contributed by atoms with Gasteiger partial charge in [-0.1, -0.05) is 23.2 Å². The quantitative estimate of drug-likeness (QED) is 0.848. The van der Waals surface area contributed by atoms with Crippen LogP contribution in [0.3, 0.4) is 0 Å². The summed E-state index contributed by atoms with van der Waals surface area (Å²) in [7, 11) is 0. The highest BCUT2D eigenvalue weighted by molar-refractivity contribution is 6.33. The van der Waals surface area contributed by atoms with Gasteiger partial charge >= 0.3 is 0 Å². The molecule has 0 aromatic heterocycles. The van der Waals surface area contributed by atoms with Gasteiger partial charge in [0.2, 0.25) is 5.91 Å². The second kappa shape index (κ2) is 5.58. The van der Waals surface area contributed by atoms with Gasteiger partial charge in [-0.15, -0.1) is 0 Å². The summed E-state index contributed by atoms with van der Waals surface area (Å²) in [6.45, 7) is 0.412. The topological polar surface area (TPSA) is 46.3 Å². The first-order chi connectivity index (χ1) is 10.0. The molecule has 0 atom stereocenters. The Morgan fingerprint density at radius 3 is 2.71 bits per heavy atom. The van der Waals surface area contributed by atoms with Crippen molar-refractivity contribution in [2.45, 2.75) is 19.4 Å². The van der Waals surface area contributed by atoms with Crippen LogP contribution >= 0.6 is 23.2 Å². The van der Waals surface area contributed by atoms with Crippen LogP contribution in [0.25, 0.3) is 0 Å². The number of nitrogens with two attached hydrogens (primary N) is 1. The van der Waals surface area contributed by atoms with Crippen LogP contribution in [0.5, 0.6) is 0 Å². The molecule has 0 saturated carbocycles. The highest BCUT2D eigenvalue weighted by Gasteiger charge is 2.24. The number of halogens is 2. The summed E-state index contributed by atoms with van der Waals surface area (Å²) >= 11 is 12.2. The van der Waals surface area contributed by atoms with Crippen LogP contribution in [-0.4, -0.2) is 5.91 Å². The molecule has 1 aliphatic rings. The molecule has 0 saturated heterocycles. The number of hydrogen-bond acceptors (Lipinski definition) is 2. The largest absolute Gasteiger partial charge is 0.399 e. The van der Waals surface area contributed by atoms with Crippen LogP contribution in [0.4, 0.5) is 11.4 Å². The van der Waals surface area contributed by atoms with E-state index in [4.69, 9.17) is 28.9 Å². The van der Waals surface area contributed by atoms with Crippen LogP contribution in [0.2, 0.25) is 10.0 Å². The Kier molecular flexibility index (Phi) is 3.79. The Labute approximate surface area is 133 Å². The van der Waals surface area contributed by atoms with Crippen LogP contribution in [0, 0.1) is 0 Å². The van der Waals surface area contributed by atoms with Crippen molar-refractivity contribution < 1.29 is 4.79 Å². The van der Waals surface area contributed by atoms with Crippen molar-refractivity contribution in [1.29, 1.82) is 0 Å².